The van der Waals surface area contributed by atoms with Crippen LogP contribution in [0.3, 0.4) is 0 Å². The van der Waals surface area contributed by atoms with Crippen LogP contribution in [0.5, 0.6) is 0 Å². The van der Waals surface area contributed by atoms with Gasteiger partial charge in [-0.25, -0.2) is 4.57 Å². The summed E-state index contributed by atoms with van der Waals surface area (Å²) < 4.78 is 2.29. The molecule has 1 rings (SSSR count). The molecule has 0 radical (unpaired) electrons. The van der Waals surface area contributed by atoms with E-state index in [0.717, 1.165) is 0 Å². The highest BCUT2D eigenvalue weighted by molar-refractivity contribution is 5.27. The van der Waals surface area contributed by atoms with Gasteiger partial charge in [-0.1, -0.05) is 27.7 Å². The third-order valence-corrected chi connectivity index (χ3v) is 2.89. The lowest BCUT2D eigenvalue weighted by atomic mass is 9.92. The molecule has 1 heterocycles. The molecule has 0 saturated carbocycles. The lowest BCUT2D eigenvalue weighted by Gasteiger charge is -2.14. The molecule has 0 unspecified atom stereocenters. The molecule has 1 aromatic heterocycles. The van der Waals surface area contributed by atoms with Crippen molar-refractivity contribution < 1.29 is 4.57 Å². The Morgan fingerprint density at radius 1 is 0.867 bits per heavy atom. The number of pyridine rings is 1. The SMILES string of the molecule is CC(C)c1cc[n+](C(C)C)cc1C(C)C. The first-order valence-corrected chi connectivity index (χ1v) is 5.98. The Morgan fingerprint density at radius 2 is 1.40 bits per heavy atom. The van der Waals surface area contributed by atoms with Crippen molar-refractivity contribution in [3.8, 4) is 0 Å². The topological polar surface area (TPSA) is 3.88 Å². The lowest BCUT2D eigenvalue weighted by molar-refractivity contribution is -0.716. The number of nitrogens with zero attached hydrogens (tertiary/aromatic N) is 1. The quantitative estimate of drug-likeness (QED) is 0.662. The van der Waals surface area contributed by atoms with Crippen molar-refractivity contribution in [1.82, 2.24) is 0 Å². The standard InChI is InChI=1S/C14H24N/c1-10(2)13-7-8-15(12(5)6)9-14(13)11(3)4/h7-12H,1-6H3/q+1. The molecule has 0 saturated heterocycles. The van der Waals surface area contributed by atoms with E-state index < -0.39 is 0 Å². The van der Waals surface area contributed by atoms with Crippen molar-refractivity contribution >= 4 is 0 Å². The molecule has 0 aliphatic carbocycles. The van der Waals surface area contributed by atoms with Gasteiger partial charge in [0.25, 0.3) is 0 Å². The van der Waals surface area contributed by atoms with E-state index in [9.17, 15) is 0 Å². The molecule has 0 spiro atoms. The molecule has 0 amide bonds. The Morgan fingerprint density at radius 3 is 1.80 bits per heavy atom. The van der Waals surface area contributed by atoms with E-state index in [4.69, 9.17) is 0 Å². The summed E-state index contributed by atoms with van der Waals surface area (Å²) in [5.74, 6) is 1.22. The van der Waals surface area contributed by atoms with E-state index in [1.165, 1.54) is 11.1 Å². The third-order valence-electron chi connectivity index (χ3n) is 2.89. The predicted molar refractivity (Wildman–Crippen MR) is 65.2 cm³/mol. The summed E-state index contributed by atoms with van der Waals surface area (Å²) in [6.07, 6.45) is 4.51. The zero-order valence-corrected chi connectivity index (χ0v) is 10.9. The molecule has 84 valence electrons. The predicted octanol–water partition coefficient (Wildman–Crippen LogP) is 3.80. The molecular weight excluding hydrogens is 182 g/mol. The van der Waals surface area contributed by atoms with Crippen LogP contribution in [-0.4, -0.2) is 0 Å². The molecule has 15 heavy (non-hydrogen) atoms. The van der Waals surface area contributed by atoms with Gasteiger partial charge in [-0.2, -0.15) is 0 Å². The maximum Gasteiger partial charge on any atom is 0.172 e. The Bertz CT molecular complexity index is 324. The molecule has 0 fully saturated rings. The molecule has 0 N–H and O–H groups in total. The highest BCUT2D eigenvalue weighted by atomic mass is 15.0. The fourth-order valence-electron chi connectivity index (χ4n) is 1.87. The van der Waals surface area contributed by atoms with Gasteiger partial charge in [0, 0.05) is 11.6 Å². The number of rotatable bonds is 3. The number of hydrogen-bond donors (Lipinski definition) is 0. The van der Waals surface area contributed by atoms with Crippen molar-refractivity contribution in [2.24, 2.45) is 0 Å². The van der Waals surface area contributed by atoms with Gasteiger partial charge in [0.05, 0.1) is 0 Å². The summed E-state index contributed by atoms with van der Waals surface area (Å²) in [7, 11) is 0. The molecule has 1 nitrogen and oxygen atoms in total. The van der Waals surface area contributed by atoms with Crippen LogP contribution in [0.1, 0.15) is 70.5 Å². The molecule has 0 atom stereocenters. The Labute approximate surface area is 94.1 Å². The first-order chi connectivity index (χ1) is 6.93. The van der Waals surface area contributed by atoms with Crippen LogP contribution in [0.15, 0.2) is 18.5 Å². The van der Waals surface area contributed by atoms with Crippen LogP contribution in [0.4, 0.5) is 0 Å². The van der Waals surface area contributed by atoms with E-state index in [0.29, 0.717) is 17.9 Å². The maximum absolute atomic E-state index is 2.31. The van der Waals surface area contributed by atoms with Gasteiger partial charge in [0.15, 0.2) is 18.4 Å². The van der Waals surface area contributed by atoms with Crippen molar-refractivity contribution in [3.63, 3.8) is 0 Å². The van der Waals surface area contributed by atoms with Crippen molar-refractivity contribution in [1.29, 1.82) is 0 Å². The summed E-state index contributed by atoms with van der Waals surface area (Å²) in [5, 5.41) is 0. The van der Waals surface area contributed by atoms with Crippen LogP contribution in [0.25, 0.3) is 0 Å². The molecular formula is C14H24N+. The second kappa shape index (κ2) is 4.78. The number of aromatic nitrogens is 1. The van der Waals surface area contributed by atoms with Gasteiger partial charge in [-0.05, 0) is 31.2 Å². The van der Waals surface area contributed by atoms with E-state index in [1.54, 1.807) is 0 Å². The van der Waals surface area contributed by atoms with Crippen molar-refractivity contribution in [2.75, 3.05) is 0 Å². The second-order valence-electron chi connectivity index (χ2n) is 5.21. The molecule has 0 aliphatic heterocycles. The molecule has 0 aliphatic rings. The zero-order valence-electron chi connectivity index (χ0n) is 10.9. The van der Waals surface area contributed by atoms with Crippen LogP contribution >= 0.6 is 0 Å². The highest BCUT2D eigenvalue weighted by Gasteiger charge is 2.16. The van der Waals surface area contributed by atoms with Gasteiger partial charge in [-0.3, -0.25) is 0 Å². The van der Waals surface area contributed by atoms with E-state index in [2.05, 4.69) is 64.6 Å². The summed E-state index contributed by atoms with van der Waals surface area (Å²) in [6, 6.07) is 2.82. The minimum Gasteiger partial charge on any atom is -0.203 e. The minimum atomic E-state index is 0.545. The van der Waals surface area contributed by atoms with E-state index in [-0.39, 0.29) is 0 Å². The first kappa shape index (κ1) is 12.2. The summed E-state index contributed by atoms with van der Waals surface area (Å²) >= 11 is 0. The first-order valence-electron chi connectivity index (χ1n) is 5.98. The average molecular weight is 206 g/mol. The lowest BCUT2D eigenvalue weighted by Crippen LogP contribution is -2.36. The summed E-state index contributed by atoms with van der Waals surface area (Å²) in [4.78, 5) is 0. The van der Waals surface area contributed by atoms with Crippen molar-refractivity contribution in [3.05, 3.63) is 29.6 Å². The van der Waals surface area contributed by atoms with Gasteiger partial charge >= 0.3 is 0 Å². The fraction of sp³-hybridized carbons (Fsp3) is 0.643. The Balaban J connectivity index is 3.21. The fourth-order valence-corrected chi connectivity index (χ4v) is 1.87. The summed E-state index contributed by atoms with van der Waals surface area (Å²) in [5.41, 5.74) is 2.98. The largest absolute Gasteiger partial charge is 0.203 e. The van der Waals surface area contributed by atoms with Gasteiger partial charge in [0.1, 0.15) is 0 Å². The van der Waals surface area contributed by atoms with Crippen LogP contribution < -0.4 is 4.57 Å². The summed E-state index contributed by atoms with van der Waals surface area (Å²) in [6.45, 7) is 13.5. The molecule has 0 aromatic carbocycles. The van der Waals surface area contributed by atoms with E-state index in [1.807, 2.05) is 0 Å². The van der Waals surface area contributed by atoms with Gasteiger partial charge in [0.2, 0.25) is 0 Å². The molecule has 1 heteroatoms. The smallest absolute Gasteiger partial charge is 0.172 e. The molecule has 0 bridgehead atoms. The highest BCUT2D eigenvalue weighted by Crippen LogP contribution is 2.24. The Hall–Kier alpha value is -0.850. The third kappa shape index (κ3) is 2.80. The van der Waals surface area contributed by atoms with Crippen molar-refractivity contribution in [2.45, 2.75) is 59.4 Å². The average Bonchev–Trinajstić information content (AvgIpc) is 2.16. The maximum atomic E-state index is 2.31. The number of hydrogen-bond acceptors (Lipinski definition) is 0. The monoisotopic (exact) mass is 206 g/mol. The second-order valence-corrected chi connectivity index (χ2v) is 5.21. The molecule has 1 aromatic rings. The minimum absolute atomic E-state index is 0.545. The van der Waals surface area contributed by atoms with Crippen LogP contribution in [-0.2, 0) is 0 Å². The van der Waals surface area contributed by atoms with Gasteiger partial charge in [-0.15, -0.1) is 0 Å². The van der Waals surface area contributed by atoms with E-state index >= 15 is 0 Å². The van der Waals surface area contributed by atoms with Crippen LogP contribution in [0.2, 0.25) is 0 Å². The Kier molecular flexibility index (Phi) is 3.90. The zero-order chi connectivity index (χ0) is 11.6. The van der Waals surface area contributed by atoms with Gasteiger partial charge < -0.3 is 0 Å². The van der Waals surface area contributed by atoms with Crippen LogP contribution in [0, 0.1) is 0 Å². The normalized spacial score (nSPS) is 11.8.